The largest absolute Gasteiger partial charge is 0.493 e. The first-order chi connectivity index (χ1) is 11.3. The summed E-state index contributed by atoms with van der Waals surface area (Å²) in [4.78, 5) is 4.59. The van der Waals surface area contributed by atoms with E-state index in [1.54, 1.807) is 0 Å². The van der Waals surface area contributed by atoms with Crippen molar-refractivity contribution in [2.75, 3.05) is 19.7 Å². The van der Waals surface area contributed by atoms with Crippen molar-refractivity contribution in [3.05, 3.63) is 29.1 Å². The van der Waals surface area contributed by atoms with Gasteiger partial charge >= 0.3 is 0 Å². The van der Waals surface area contributed by atoms with Crippen molar-refractivity contribution in [3.63, 3.8) is 0 Å². The van der Waals surface area contributed by atoms with Gasteiger partial charge in [-0.1, -0.05) is 30.1 Å². The number of benzene rings is 1. The molecule has 2 heterocycles. The van der Waals surface area contributed by atoms with Crippen LogP contribution in [0.25, 0.3) is 11.4 Å². The number of hydrogen-bond acceptors (Lipinski definition) is 5. The van der Waals surface area contributed by atoms with Gasteiger partial charge in [0.25, 0.3) is 0 Å². The summed E-state index contributed by atoms with van der Waals surface area (Å²) in [6.07, 6.45) is 4.15. The Morgan fingerprint density at radius 1 is 1.35 bits per heavy atom. The SMILES string of the molecule is CCCCOc1ccc(Cl)cc1-c1noc(C2CCNCC2)n1. The number of nitrogens with one attached hydrogen (secondary N) is 1. The molecule has 0 spiro atoms. The third kappa shape index (κ3) is 4.03. The van der Waals surface area contributed by atoms with Crippen molar-refractivity contribution >= 4 is 11.6 Å². The number of unbranched alkanes of at least 4 members (excludes halogenated alkanes) is 1. The lowest BCUT2D eigenvalue weighted by atomic mass is 9.98. The normalized spacial score (nSPS) is 15.7. The molecule has 0 aliphatic carbocycles. The van der Waals surface area contributed by atoms with Crippen molar-refractivity contribution in [2.45, 2.75) is 38.5 Å². The highest BCUT2D eigenvalue weighted by Gasteiger charge is 2.22. The van der Waals surface area contributed by atoms with Crippen molar-refractivity contribution in [1.29, 1.82) is 0 Å². The average Bonchev–Trinajstić information content (AvgIpc) is 3.07. The molecule has 2 aromatic rings. The fourth-order valence-corrected chi connectivity index (χ4v) is 2.88. The Morgan fingerprint density at radius 2 is 2.17 bits per heavy atom. The second-order valence-corrected chi connectivity index (χ2v) is 6.26. The predicted molar refractivity (Wildman–Crippen MR) is 90.0 cm³/mol. The van der Waals surface area contributed by atoms with Crippen LogP contribution in [0.15, 0.2) is 22.7 Å². The second-order valence-electron chi connectivity index (χ2n) is 5.82. The maximum Gasteiger partial charge on any atom is 0.230 e. The van der Waals surface area contributed by atoms with E-state index >= 15 is 0 Å². The van der Waals surface area contributed by atoms with Crippen LogP contribution in [0, 0.1) is 0 Å². The lowest BCUT2D eigenvalue weighted by molar-refractivity contribution is 0.309. The molecule has 6 heteroatoms. The van der Waals surface area contributed by atoms with Crippen LogP contribution in [-0.2, 0) is 0 Å². The van der Waals surface area contributed by atoms with E-state index in [2.05, 4.69) is 22.4 Å². The van der Waals surface area contributed by atoms with Crippen molar-refractivity contribution < 1.29 is 9.26 Å². The number of aromatic nitrogens is 2. The Morgan fingerprint density at radius 3 is 2.96 bits per heavy atom. The number of nitrogens with zero attached hydrogens (tertiary/aromatic N) is 2. The molecule has 124 valence electrons. The van der Waals surface area contributed by atoms with Crippen LogP contribution in [0.5, 0.6) is 5.75 Å². The van der Waals surface area contributed by atoms with Gasteiger partial charge in [0.1, 0.15) is 5.75 Å². The van der Waals surface area contributed by atoms with Gasteiger partial charge in [-0.2, -0.15) is 4.98 Å². The lowest BCUT2D eigenvalue weighted by Crippen LogP contribution is -2.26. The summed E-state index contributed by atoms with van der Waals surface area (Å²) in [7, 11) is 0. The van der Waals surface area contributed by atoms with Gasteiger partial charge in [-0.25, -0.2) is 0 Å². The third-order valence-corrected chi connectivity index (χ3v) is 4.30. The van der Waals surface area contributed by atoms with Crippen LogP contribution in [-0.4, -0.2) is 29.8 Å². The summed E-state index contributed by atoms with van der Waals surface area (Å²) in [5, 5.41) is 8.12. The van der Waals surface area contributed by atoms with Crippen LogP contribution < -0.4 is 10.1 Å². The zero-order chi connectivity index (χ0) is 16.1. The summed E-state index contributed by atoms with van der Waals surface area (Å²) in [5.41, 5.74) is 0.789. The van der Waals surface area contributed by atoms with Gasteiger partial charge in [-0.05, 0) is 50.6 Å². The molecule has 1 N–H and O–H groups in total. The zero-order valence-electron chi connectivity index (χ0n) is 13.3. The molecular formula is C17H22ClN3O2. The maximum absolute atomic E-state index is 6.13. The van der Waals surface area contributed by atoms with Gasteiger partial charge < -0.3 is 14.6 Å². The van der Waals surface area contributed by atoms with E-state index in [1.807, 2.05) is 18.2 Å². The molecule has 0 atom stereocenters. The molecule has 1 saturated heterocycles. The summed E-state index contributed by atoms with van der Waals surface area (Å²) >= 11 is 6.13. The molecule has 0 unspecified atom stereocenters. The van der Waals surface area contributed by atoms with E-state index in [0.29, 0.717) is 29.3 Å². The van der Waals surface area contributed by atoms with Crippen LogP contribution in [0.4, 0.5) is 0 Å². The van der Waals surface area contributed by atoms with E-state index in [-0.39, 0.29) is 0 Å². The Balaban J connectivity index is 1.82. The van der Waals surface area contributed by atoms with Gasteiger partial charge in [-0.3, -0.25) is 0 Å². The van der Waals surface area contributed by atoms with Crippen LogP contribution in [0.3, 0.4) is 0 Å². The third-order valence-electron chi connectivity index (χ3n) is 4.07. The second kappa shape index (κ2) is 7.79. The number of piperidine rings is 1. The smallest absolute Gasteiger partial charge is 0.230 e. The molecule has 1 aliphatic rings. The minimum absolute atomic E-state index is 0.334. The van der Waals surface area contributed by atoms with E-state index in [9.17, 15) is 0 Å². The quantitative estimate of drug-likeness (QED) is 0.807. The lowest BCUT2D eigenvalue weighted by Gasteiger charge is -2.18. The molecule has 3 rings (SSSR count). The Hall–Kier alpha value is -1.59. The number of halogens is 1. The molecule has 1 aromatic carbocycles. The minimum Gasteiger partial charge on any atom is -0.493 e. The van der Waals surface area contributed by atoms with E-state index in [1.165, 1.54) is 0 Å². The first-order valence-electron chi connectivity index (χ1n) is 8.25. The number of ether oxygens (including phenoxy) is 1. The Labute approximate surface area is 141 Å². The van der Waals surface area contributed by atoms with Crippen LogP contribution in [0.2, 0.25) is 5.02 Å². The molecule has 1 aromatic heterocycles. The summed E-state index contributed by atoms with van der Waals surface area (Å²) in [6, 6.07) is 5.52. The van der Waals surface area contributed by atoms with Gasteiger partial charge in [0.05, 0.1) is 12.2 Å². The topological polar surface area (TPSA) is 60.2 Å². The standard InChI is InChI=1S/C17H22ClN3O2/c1-2-3-10-22-15-5-4-13(18)11-14(15)16-20-17(23-21-16)12-6-8-19-9-7-12/h4-5,11-12,19H,2-3,6-10H2,1H3. The molecule has 23 heavy (non-hydrogen) atoms. The van der Waals surface area contributed by atoms with E-state index in [0.717, 1.165) is 50.1 Å². The highest BCUT2D eigenvalue weighted by molar-refractivity contribution is 6.30. The first kappa shape index (κ1) is 16.3. The molecule has 0 saturated carbocycles. The molecule has 0 radical (unpaired) electrons. The molecule has 0 bridgehead atoms. The highest BCUT2D eigenvalue weighted by atomic mass is 35.5. The minimum atomic E-state index is 0.334. The monoisotopic (exact) mass is 335 g/mol. The summed E-state index contributed by atoms with van der Waals surface area (Å²) < 4.78 is 11.3. The van der Waals surface area contributed by atoms with Gasteiger partial charge in [0, 0.05) is 10.9 Å². The first-order valence-corrected chi connectivity index (χ1v) is 8.62. The number of rotatable bonds is 6. The fraction of sp³-hybridized carbons (Fsp3) is 0.529. The predicted octanol–water partition coefficient (Wildman–Crippen LogP) is 4.04. The van der Waals surface area contributed by atoms with E-state index in [4.69, 9.17) is 20.9 Å². The van der Waals surface area contributed by atoms with Crippen LogP contribution in [0.1, 0.15) is 44.4 Å². The fourth-order valence-electron chi connectivity index (χ4n) is 2.71. The molecule has 1 fully saturated rings. The van der Waals surface area contributed by atoms with Crippen molar-refractivity contribution in [3.8, 4) is 17.1 Å². The summed E-state index contributed by atoms with van der Waals surface area (Å²) in [6.45, 7) is 4.79. The Bertz CT molecular complexity index is 639. The number of hydrogen-bond donors (Lipinski definition) is 1. The maximum atomic E-state index is 6.13. The average molecular weight is 336 g/mol. The van der Waals surface area contributed by atoms with E-state index < -0.39 is 0 Å². The van der Waals surface area contributed by atoms with Gasteiger partial charge in [-0.15, -0.1) is 0 Å². The molecule has 0 amide bonds. The molecule has 5 nitrogen and oxygen atoms in total. The molecular weight excluding hydrogens is 314 g/mol. The summed E-state index contributed by atoms with van der Waals surface area (Å²) in [5.74, 6) is 2.34. The zero-order valence-corrected chi connectivity index (χ0v) is 14.1. The van der Waals surface area contributed by atoms with Gasteiger partial charge in [0.15, 0.2) is 0 Å². The van der Waals surface area contributed by atoms with Gasteiger partial charge in [0.2, 0.25) is 11.7 Å². The van der Waals surface area contributed by atoms with Crippen molar-refractivity contribution in [1.82, 2.24) is 15.5 Å². The van der Waals surface area contributed by atoms with Crippen molar-refractivity contribution in [2.24, 2.45) is 0 Å². The van der Waals surface area contributed by atoms with Crippen LogP contribution >= 0.6 is 11.6 Å². The Kier molecular flexibility index (Phi) is 5.51. The molecule has 1 aliphatic heterocycles. The highest BCUT2D eigenvalue weighted by Crippen LogP contribution is 2.33.